The first-order valence-corrected chi connectivity index (χ1v) is 7.85. The molecule has 118 valence electrons. The minimum atomic E-state index is -0.789. The molecule has 0 aliphatic heterocycles. The van der Waals surface area contributed by atoms with E-state index >= 15 is 0 Å². The van der Waals surface area contributed by atoms with Crippen molar-refractivity contribution in [1.29, 1.82) is 0 Å². The Balaban J connectivity index is 1.91. The van der Waals surface area contributed by atoms with Gasteiger partial charge in [0.2, 0.25) is 0 Å². The maximum Gasteiger partial charge on any atom is 0.165 e. The van der Waals surface area contributed by atoms with Crippen molar-refractivity contribution in [2.24, 2.45) is 0 Å². The Labute approximate surface area is 126 Å². The summed E-state index contributed by atoms with van der Waals surface area (Å²) in [5, 5.41) is 13.6. The van der Waals surface area contributed by atoms with Gasteiger partial charge in [0.05, 0.1) is 5.60 Å². The molecule has 1 aliphatic carbocycles. The van der Waals surface area contributed by atoms with E-state index in [0.29, 0.717) is 12.6 Å². The van der Waals surface area contributed by atoms with Crippen LogP contribution in [-0.2, 0) is 6.54 Å². The van der Waals surface area contributed by atoms with E-state index in [4.69, 9.17) is 4.74 Å². The first-order valence-electron chi connectivity index (χ1n) is 7.85. The van der Waals surface area contributed by atoms with Gasteiger partial charge in [0, 0.05) is 12.6 Å². The molecule has 3 nitrogen and oxygen atoms in total. The molecule has 0 bridgehead atoms. The van der Waals surface area contributed by atoms with Crippen molar-refractivity contribution in [3.8, 4) is 5.75 Å². The number of hydrogen-bond acceptors (Lipinski definition) is 3. The predicted molar refractivity (Wildman–Crippen MR) is 81.9 cm³/mol. The highest BCUT2D eigenvalue weighted by Crippen LogP contribution is 2.29. The Bertz CT molecular complexity index is 456. The van der Waals surface area contributed by atoms with Crippen LogP contribution < -0.4 is 10.1 Å². The van der Waals surface area contributed by atoms with Gasteiger partial charge in [0.15, 0.2) is 11.6 Å². The van der Waals surface area contributed by atoms with Gasteiger partial charge in [-0.3, -0.25) is 0 Å². The molecule has 1 fully saturated rings. The molecular weight excluding hydrogens is 269 g/mol. The van der Waals surface area contributed by atoms with E-state index in [1.54, 1.807) is 6.07 Å². The zero-order valence-electron chi connectivity index (χ0n) is 13.0. The van der Waals surface area contributed by atoms with Gasteiger partial charge < -0.3 is 15.2 Å². The number of hydrogen-bond donors (Lipinski definition) is 2. The summed E-state index contributed by atoms with van der Waals surface area (Å²) in [6.07, 6.45) is 4.68. The summed E-state index contributed by atoms with van der Waals surface area (Å²) >= 11 is 0. The van der Waals surface area contributed by atoms with Crippen LogP contribution in [0.3, 0.4) is 0 Å². The molecule has 0 radical (unpaired) electrons. The number of halogens is 1. The summed E-state index contributed by atoms with van der Waals surface area (Å²) in [5.74, 6) is -0.139. The van der Waals surface area contributed by atoms with Crippen LogP contribution in [0.25, 0.3) is 0 Å². The van der Waals surface area contributed by atoms with Gasteiger partial charge in [0.25, 0.3) is 0 Å². The highest BCUT2D eigenvalue weighted by Gasteiger charge is 2.30. The van der Waals surface area contributed by atoms with Crippen molar-refractivity contribution in [1.82, 2.24) is 5.32 Å². The zero-order chi connectivity index (χ0) is 15.3. The van der Waals surface area contributed by atoms with Crippen LogP contribution in [-0.4, -0.2) is 23.4 Å². The van der Waals surface area contributed by atoms with Gasteiger partial charge in [-0.25, -0.2) is 4.39 Å². The monoisotopic (exact) mass is 295 g/mol. The fraction of sp³-hybridized carbons (Fsp3) is 0.647. The number of ether oxygens (including phenoxy) is 1. The SMILES string of the molecule is CC(C)NCc1ccc(OCC2(O)CCCCC2)c(F)c1. The average molecular weight is 295 g/mol. The second-order valence-corrected chi connectivity index (χ2v) is 6.37. The molecule has 0 atom stereocenters. The van der Waals surface area contributed by atoms with E-state index in [0.717, 1.165) is 37.7 Å². The predicted octanol–water partition coefficient (Wildman–Crippen LogP) is 3.40. The first kappa shape index (κ1) is 16.2. The molecule has 0 unspecified atom stereocenters. The highest BCUT2D eigenvalue weighted by molar-refractivity contribution is 5.29. The molecule has 2 rings (SSSR count). The van der Waals surface area contributed by atoms with Crippen LogP contribution >= 0.6 is 0 Å². The lowest BCUT2D eigenvalue weighted by atomic mass is 9.85. The lowest BCUT2D eigenvalue weighted by Gasteiger charge is -2.31. The van der Waals surface area contributed by atoms with Crippen LogP contribution in [0.4, 0.5) is 4.39 Å². The quantitative estimate of drug-likeness (QED) is 0.845. The third kappa shape index (κ3) is 4.97. The van der Waals surface area contributed by atoms with E-state index in [2.05, 4.69) is 19.2 Å². The summed E-state index contributed by atoms with van der Waals surface area (Å²) in [7, 11) is 0. The van der Waals surface area contributed by atoms with Gasteiger partial charge in [0.1, 0.15) is 6.61 Å². The molecule has 1 aromatic carbocycles. The molecule has 0 amide bonds. The van der Waals surface area contributed by atoms with E-state index in [1.165, 1.54) is 6.07 Å². The standard InChI is InChI=1S/C17H26FNO2/c1-13(2)19-11-14-6-7-16(15(18)10-14)21-12-17(20)8-4-3-5-9-17/h6-7,10,13,19-20H,3-5,8-9,11-12H2,1-2H3. The van der Waals surface area contributed by atoms with Crippen molar-refractivity contribution in [2.75, 3.05) is 6.61 Å². The number of rotatable bonds is 6. The summed E-state index contributed by atoms with van der Waals surface area (Å²) in [5.41, 5.74) is 0.104. The van der Waals surface area contributed by atoms with Crippen LogP contribution in [0.15, 0.2) is 18.2 Å². The van der Waals surface area contributed by atoms with Crippen molar-refractivity contribution < 1.29 is 14.2 Å². The number of aliphatic hydroxyl groups is 1. The minimum Gasteiger partial charge on any atom is -0.488 e. The minimum absolute atomic E-state index is 0.174. The molecule has 1 aromatic rings. The molecule has 2 N–H and O–H groups in total. The fourth-order valence-electron chi connectivity index (χ4n) is 2.66. The molecule has 1 aliphatic rings. The Morgan fingerprint density at radius 3 is 2.62 bits per heavy atom. The molecule has 0 saturated heterocycles. The number of benzene rings is 1. The Morgan fingerprint density at radius 2 is 2.00 bits per heavy atom. The van der Waals surface area contributed by atoms with Gasteiger partial charge in [-0.1, -0.05) is 39.2 Å². The zero-order valence-corrected chi connectivity index (χ0v) is 13.0. The maximum absolute atomic E-state index is 14.0. The number of nitrogens with one attached hydrogen (secondary N) is 1. The van der Waals surface area contributed by atoms with Gasteiger partial charge >= 0.3 is 0 Å². The van der Waals surface area contributed by atoms with Crippen LogP contribution in [0.5, 0.6) is 5.75 Å². The maximum atomic E-state index is 14.0. The molecule has 0 spiro atoms. The Morgan fingerprint density at radius 1 is 1.29 bits per heavy atom. The third-order valence-electron chi connectivity index (χ3n) is 3.99. The van der Waals surface area contributed by atoms with E-state index in [9.17, 15) is 9.50 Å². The van der Waals surface area contributed by atoms with Gasteiger partial charge in [-0.2, -0.15) is 0 Å². The molecule has 1 saturated carbocycles. The van der Waals surface area contributed by atoms with E-state index in [1.807, 2.05) is 6.07 Å². The second kappa shape index (κ2) is 7.23. The van der Waals surface area contributed by atoms with Crippen LogP contribution in [0.1, 0.15) is 51.5 Å². The van der Waals surface area contributed by atoms with Gasteiger partial charge in [-0.05, 0) is 30.5 Å². The van der Waals surface area contributed by atoms with E-state index < -0.39 is 5.60 Å². The third-order valence-corrected chi connectivity index (χ3v) is 3.99. The smallest absolute Gasteiger partial charge is 0.165 e. The largest absolute Gasteiger partial charge is 0.488 e. The topological polar surface area (TPSA) is 41.5 Å². The summed E-state index contributed by atoms with van der Waals surface area (Å²) in [4.78, 5) is 0. The lowest BCUT2D eigenvalue weighted by molar-refractivity contribution is -0.0347. The Hall–Kier alpha value is -1.13. The summed E-state index contributed by atoms with van der Waals surface area (Å²) in [6.45, 7) is 4.92. The lowest BCUT2D eigenvalue weighted by Crippen LogP contribution is -2.38. The van der Waals surface area contributed by atoms with Crippen LogP contribution in [0, 0.1) is 5.82 Å². The van der Waals surface area contributed by atoms with Crippen molar-refractivity contribution in [3.63, 3.8) is 0 Å². The highest BCUT2D eigenvalue weighted by atomic mass is 19.1. The van der Waals surface area contributed by atoms with Crippen LogP contribution in [0.2, 0.25) is 0 Å². The average Bonchev–Trinajstić information content (AvgIpc) is 2.45. The normalized spacial score (nSPS) is 18.0. The molecular formula is C17H26FNO2. The molecule has 21 heavy (non-hydrogen) atoms. The Kier molecular flexibility index (Phi) is 5.59. The van der Waals surface area contributed by atoms with Crippen molar-refractivity contribution >= 4 is 0 Å². The van der Waals surface area contributed by atoms with E-state index in [-0.39, 0.29) is 18.2 Å². The van der Waals surface area contributed by atoms with Crippen molar-refractivity contribution in [3.05, 3.63) is 29.6 Å². The fourth-order valence-corrected chi connectivity index (χ4v) is 2.66. The molecule has 0 aromatic heterocycles. The molecule has 0 heterocycles. The second-order valence-electron chi connectivity index (χ2n) is 6.37. The first-order chi connectivity index (χ1) is 9.98. The van der Waals surface area contributed by atoms with Crippen molar-refractivity contribution in [2.45, 2.75) is 64.1 Å². The molecule has 4 heteroatoms. The summed E-state index contributed by atoms with van der Waals surface area (Å²) < 4.78 is 19.5. The van der Waals surface area contributed by atoms with Gasteiger partial charge in [-0.15, -0.1) is 0 Å². The summed E-state index contributed by atoms with van der Waals surface area (Å²) in [6, 6.07) is 5.37.